The van der Waals surface area contributed by atoms with Gasteiger partial charge in [0.1, 0.15) is 5.82 Å². The molecule has 0 atom stereocenters. The average Bonchev–Trinajstić information content (AvgIpc) is 3.28. The van der Waals surface area contributed by atoms with Crippen LogP contribution in [0.4, 0.5) is 4.39 Å². The van der Waals surface area contributed by atoms with Crippen LogP contribution in [0.5, 0.6) is 0 Å². The van der Waals surface area contributed by atoms with E-state index in [1.807, 2.05) is 12.1 Å². The lowest BCUT2D eigenvalue weighted by Gasteiger charge is -2.34. The van der Waals surface area contributed by atoms with Crippen LogP contribution < -0.4 is 0 Å². The van der Waals surface area contributed by atoms with Crippen molar-refractivity contribution in [3.63, 3.8) is 0 Å². The van der Waals surface area contributed by atoms with Gasteiger partial charge in [0.15, 0.2) is 0 Å². The molecule has 0 unspecified atom stereocenters. The zero-order valence-corrected chi connectivity index (χ0v) is 16.3. The molecule has 3 aromatic rings. The van der Waals surface area contributed by atoms with E-state index < -0.39 is 15.8 Å². The van der Waals surface area contributed by atoms with Gasteiger partial charge in [-0.05, 0) is 42.5 Å². The summed E-state index contributed by atoms with van der Waals surface area (Å²) in [5.74, 6) is -0.662. The molecule has 2 aromatic carbocycles. The molecule has 1 aromatic heterocycles. The molecule has 4 rings (SSSR count). The highest BCUT2D eigenvalue weighted by molar-refractivity contribution is 7.89. The molecule has 0 aliphatic carbocycles. The number of para-hydroxylation sites is 1. The van der Waals surface area contributed by atoms with Crippen LogP contribution in [-0.2, 0) is 10.0 Å². The number of carbonyl (C=O) groups excluding carboxylic acids is 1. The third kappa shape index (κ3) is 3.79. The second kappa shape index (κ2) is 7.76. The van der Waals surface area contributed by atoms with Gasteiger partial charge in [0, 0.05) is 38.6 Å². The summed E-state index contributed by atoms with van der Waals surface area (Å²) in [6.45, 7) is 0.893. The number of piperazine rings is 1. The molecule has 0 radical (unpaired) electrons. The molecule has 1 aliphatic heterocycles. The highest BCUT2D eigenvalue weighted by Crippen LogP contribution is 2.21. The minimum atomic E-state index is -3.72. The molecular formula is C20H19FN4O3S. The van der Waals surface area contributed by atoms with Crippen molar-refractivity contribution in [2.75, 3.05) is 26.2 Å². The minimum absolute atomic E-state index is 0.0442. The van der Waals surface area contributed by atoms with Crippen LogP contribution >= 0.6 is 0 Å². The molecule has 9 heteroatoms. The third-order valence-electron chi connectivity index (χ3n) is 4.86. The first-order valence-corrected chi connectivity index (χ1v) is 10.5. The summed E-state index contributed by atoms with van der Waals surface area (Å²) in [7, 11) is -3.72. The lowest BCUT2D eigenvalue weighted by molar-refractivity contribution is 0.0697. The standard InChI is InChI=1S/C20H19FN4O3S/c21-16-6-8-17(9-7-16)29(27,28)24-14-12-23(13-15-24)20(26)18-4-1-2-5-19(18)25-11-3-10-22-25/h1-11H,12-15H2. The molecule has 0 N–H and O–H groups in total. The van der Waals surface area contributed by atoms with Crippen molar-refractivity contribution in [3.05, 3.63) is 78.4 Å². The second-order valence-electron chi connectivity index (χ2n) is 6.62. The summed E-state index contributed by atoms with van der Waals surface area (Å²) >= 11 is 0. The molecule has 1 fully saturated rings. The maximum Gasteiger partial charge on any atom is 0.256 e. The van der Waals surface area contributed by atoms with Gasteiger partial charge in [0.25, 0.3) is 5.91 Å². The summed E-state index contributed by atoms with van der Waals surface area (Å²) in [4.78, 5) is 14.7. The third-order valence-corrected chi connectivity index (χ3v) is 6.78. The first kappa shape index (κ1) is 19.3. The fourth-order valence-electron chi connectivity index (χ4n) is 3.32. The molecule has 7 nitrogen and oxygen atoms in total. The van der Waals surface area contributed by atoms with Gasteiger partial charge >= 0.3 is 0 Å². The summed E-state index contributed by atoms with van der Waals surface area (Å²) in [6.07, 6.45) is 3.40. The second-order valence-corrected chi connectivity index (χ2v) is 8.56. The lowest BCUT2D eigenvalue weighted by Crippen LogP contribution is -2.50. The zero-order chi connectivity index (χ0) is 20.4. The van der Waals surface area contributed by atoms with E-state index in [4.69, 9.17) is 0 Å². The van der Waals surface area contributed by atoms with E-state index >= 15 is 0 Å². The molecule has 2 heterocycles. The van der Waals surface area contributed by atoms with Crippen molar-refractivity contribution < 1.29 is 17.6 Å². The largest absolute Gasteiger partial charge is 0.336 e. The van der Waals surface area contributed by atoms with Gasteiger partial charge in [0.05, 0.1) is 16.1 Å². The van der Waals surface area contributed by atoms with Crippen LogP contribution in [0, 0.1) is 5.82 Å². The topological polar surface area (TPSA) is 75.5 Å². The number of nitrogens with zero attached hydrogens (tertiary/aromatic N) is 4. The molecule has 150 valence electrons. The van der Waals surface area contributed by atoms with Crippen LogP contribution in [-0.4, -0.2) is 59.5 Å². The van der Waals surface area contributed by atoms with Gasteiger partial charge in [-0.2, -0.15) is 9.40 Å². The molecule has 29 heavy (non-hydrogen) atoms. The quantitative estimate of drug-likeness (QED) is 0.656. The SMILES string of the molecule is O=C(c1ccccc1-n1cccn1)N1CCN(S(=O)(=O)c2ccc(F)cc2)CC1. The molecule has 1 amide bonds. The van der Waals surface area contributed by atoms with Crippen molar-refractivity contribution in [1.29, 1.82) is 0 Å². The molecule has 1 saturated heterocycles. The fraction of sp³-hybridized carbons (Fsp3) is 0.200. The summed E-state index contributed by atoms with van der Waals surface area (Å²) in [6, 6.07) is 13.7. The normalized spacial score (nSPS) is 15.4. The number of benzene rings is 2. The number of aromatic nitrogens is 2. The van der Waals surface area contributed by atoms with Crippen LogP contribution in [0.15, 0.2) is 71.9 Å². The maximum absolute atomic E-state index is 13.1. The Morgan fingerprint density at radius 3 is 2.28 bits per heavy atom. The summed E-state index contributed by atoms with van der Waals surface area (Å²) < 4.78 is 41.5. The summed E-state index contributed by atoms with van der Waals surface area (Å²) in [5, 5.41) is 4.19. The Morgan fingerprint density at radius 1 is 0.931 bits per heavy atom. The van der Waals surface area contributed by atoms with E-state index in [0.29, 0.717) is 11.3 Å². The highest BCUT2D eigenvalue weighted by Gasteiger charge is 2.31. The Labute approximate surface area is 168 Å². The number of hydrogen-bond acceptors (Lipinski definition) is 4. The van der Waals surface area contributed by atoms with E-state index in [9.17, 15) is 17.6 Å². The van der Waals surface area contributed by atoms with Gasteiger partial charge in [0.2, 0.25) is 10.0 Å². The van der Waals surface area contributed by atoms with Crippen LogP contribution in [0.3, 0.4) is 0 Å². The van der Waals surface area contributed by atoms with Crippen molar-refractivity contribution in [2.45, 2.75) is 4.90 Å². The van der Waals surface area contributed by atoms with E-state index in [1.165, 1.54) is 16.4 Å². The highest BCUT2D eigenvalue weighted by atomic mass is 32.2. The lowest BCUT2D eigenvalue weighted by atomic mass is 10.1. The van der Waals surface area contributed by atoms with Crippen LogP contribution in [0.25, 0.3) is 5.69 Å². The average molecular weight is 414 g/mol. The van der Waals surface area contributed by atoms with Gasteiger partial charge in [-0.3, -0.25) is 4.79 Å². The Balaban J connectivity index is 1.49. The van der Waals surface area contributed by atoms with Crippen LogP contribution in [0.1, 0.15) is 10.4 Å². The maximum atomic E-state index is 13.1. The van der Waals surface area contributed by atoms with Gasteiger partial charge in [-0.25, -0.2) is 17.5 Å². The number of carbonyl (C=O) groups is 1. The predicted molar refractivity (Wildman–Crippen MR) is 105 cm³/mol. The predicted octanol–water partition coefficient (Wildman–Crippen LogP) is 2.16. The van der Waals surface area contributed by atoms with E-state index in [2.05, 4.69) is 5.10 Å². The summed E-state index contributed by atoms with van der Waals surface area (Å²) in [5.41, 5.74) is 1.18. The van der Waals surface area contributed by atoms with Crippen LogP contribution in [0.2, 0.25) is 0 Å². The first-order valence-electron chi connectivity index (χ1n) is 9.11. The first-order chi connectivity index (χ1) is 14.0. The number of halogens is 1. The van der Waals surface area contributed by atoms with E-state index in [0.717, 1.165) is 12.1 Å². The van der Waals surface area contributed by atoms with Crippen molar-refractivity contribution in [1.82, 2.24) is 19.0 Å². The number of rotatable bonds is 4. The number of hydrogen-bond donors (Lipinski definition) is 0. The van der Waals surface area contributed by atoms with Crippen molar-refractivity contribution in [3.8, 4) is 5.69 Å². The van der Waals surface area contributed by atoms with E-state index in [1.54, 1.807) is 40.2 Å². The number of amides is 1. The Morgan fingerprint density at radius 2 is 1.62 bits per heavy atom. The molecule has 0 saturated carbocycles. The molecular weight excluding hydrogens is 395 g/mol. The number of sulfonamides is 1. The zero-order valence-electron chi connectivity index (χ0n) is 15.5. The Kier molecular flexibility index (Phi) is 5.16. The van der Waals surface area contributed by atoms with E-state index in [-0.39, 0.29) is 37.0 Å². The molecule has 0 spiro atoms. The fourth-order valence-corrected chi connectivity index (χ4v) is 4.75. The van der Waals surface area contributed by atoms with Crippen molar-refractivity contribution in [2.24, 2.45) is 0 Å². The smallest absolute Gasteiger partial charge is 0.256 e. The van der Waals surface area contributed by atoms with Gasteiger partial charge < -0.3 is 4.90 Å². The van der Waals surface area contributed by atoms with Gasteiger partial charge in [-0.15, -0.1) is 0 Å². The Bertz CT molecular complexity index is 1110. The molecule has 1 aliphatic rings. The monoisotopic (exact) mass is 414 g/mol. The van der Waals surface area contributed by atoms with Gasteiger partial charge in [-0.1, -0.05) is 12.1 Å². The van der Waals surface area contributed by atoms with Crippen molar-refractivity contribution >= 4 is 15.9 Å². The molecule has 0 bridgehead atoms. The Hall–Kier alpha value is -3.04. The minimum Gasteiger partial charge on any atom is -0.336 e.